The van der Waals surface area contributed by atoms with Crippen LogP contribution in [-0.2, 0) is 19.1 Å². The number of piperidine rings is 1. The van der Waals surface area contributed by atoms with E-state index in [4.69, 9.17) is 4.74 Å². The van der Waals surface area contributed by atoms with Gasteiger partial charge in [-0.15, -0.1) is 0 Å². The zero-order valence-corrected chi connectivity index (χ0v) is 20.8. The van der Waals surface area contributed by atoms with E-state index in [2.05, 4.69) is 24.1 Å². The van der Waals surface area contributed by atoms with Crippen LogP contribution in [0.4, 0.5) is 0 Å². The van der Waals surface area contributed by atoms with E-state index in [1.165, 1.54) is 0 Å². The highest BCUT2D eigenvalue weighted by molar-refractivity contribution is 5.91. The van der Waals surface area contributed by atoms with Gasteiger partial charge < -0.3 is 15.0 Å². The second kappa shape index (κ2) is 12.2. The lowest BCUT2D eigenvalue weighted by Crippen LogP contribution is -2.59. The molecule has 1 aliphatic rings. The van der Waals surface area contributed by atoms with Crippen LogP contribution >= 0.6 is 0 Å². The lowest BCUT2D eigenvalue weighted by molar-refractivity contribution is -0.140. The Morgan fingerprint density at radius 3 is 2.42 bits per heavy atom. The van der Waals surface area contributed by atoms with E-state index in [1.54, 1.807) is 31.9 Å². The van der Waals surface area contributed by atoms with Gasteiger partial charge in [0.1, 0.15) is 6.04 Å². The number of ether oxygens (including phenoxy) is 1. The van der Waals surface area contributed by atoms with E-state index in [0.717, 1.165) is 32.2 Å². The van der Waals surface area contributed by atoms with Crippen molar-refractivity contribution in [3.8, 4) is 0 Å². The van der Waals surface area contributed by atoms with Crippen molar-refractivity contribution in [2.24, 2.45) is 5.41 Å². The van der Waals surface area contributed by atoms with Crippen LogP contribution in [0.5, 0.6) is 0 Å². The molecular weight excluding hydrogens is 394 g/mol. The van der Waals surface area contributed by atoms with Gasteiger partial charge in [0.2, 0.25) is 11.8 Å². The Kier molecular flexibility index (Phi) is 10.7. The third-order valence-corrected chi connectivity index (χ3v) is 6.05. The highest BCUT2D eigenvalue weighted by Gasteiger charge is 2.38. The van der Waals surface area contributed by atoms with Crippen molar-refractivity contribution in [1.82, 2.24) is 15.1 Å². The minimum absolute atomic E-state index is 0.0695. The maximum atomic E-state index is 13.2. The van der Waals surface area contributed by atoms with Crippen molar-refractivity contribution in [1.29, 1.82) is 0 Å². The topological polar surface area (TPSA) is 79.0 Å². The third-order valence-electron chi connectivity index (χ3n) is 6.05. The van der Waals surface area contributed by atoms with Crippen LogP contribution < -0.4 is 5.32 Å². The molecule has 1 saturated heterocycles. The second-order valence-corrected chi connectivity index (χ2v) is 9.64. The molecule has 1 N–H and O–H groups in total. The molecule has 0 saturated carbocycles. The Labute approximate surface area is 188 Å². The van der Waals surface area contributed by atoms with E-state index in [1.807, 2.05) is 20.8 Å². The van der Waals surface area contributed by atoms with Gasteiger partial charge in [0.05, 0.1) is 12.6 Å². The Bertz CT molecular complexity index is 654. The first-order chi connectivity index (χ1) is 14.4. The van der Waals surface area contributed by atoms with Crippen molar-refractivity contribution in [2.75, 3.05) is 26.7 Å². The van der Waals surface area contributed by atoms with Gasteiger partial charge >= 0.3 is 5.97 Å². The number of nitrogens with one attached hydrogen (secondary N) is 1. The van der Waals surface area contributed by atoms with E-state index < -0.39 is 11.5 Å². The van der Waals surface area contributed by atoms with Crippen LogP contribution in [0, 0.1) is 5.41 Å². The van der Waals surface area contributed by atoms with Crippen LogP contribution in [0.1, 0.15) is 74.1 Å². The number of hydrogen-bond acceptors (Lipinski definition) is 5. The highest BCUT2D eigenvalue weighted by Crippen LogP contribution is 2.24. The first-order valence-corrected chi connectivity index (χ1v) is 11.6. The molecule has 7 heteroatoms. The zero-order valence-electron chi connectivity index (χ0n) is 20.8. The van der Waals surface area contributed by atoms with Crippen molar-refractivity contribution >= 4 is 17.8 Å². The number of likely N-dealkylation sites (tertiary alicyclic amines) is 1. The molecule has 3 unspecified atom stereocenters. The van der Waals surface area contributed by atoms with Crippen LogP contribution in [0.15, 0.2) is 11.6 Å². The van der Waals surface area contributed by atoms with E-state index in [-0.39, 0.29) is 30.4 Å². The molecule has 3 atom stereocenters. The van der Waals surface area contributed by atoms with Gasteiger partial charge in [-0.2, -0.15) is 0 Å². The molecule has 178 valence electrons. The lowest BCUT2D eigenvalue weighted by atomic mass is 9.85. The molecular formula is C24H43N3O4. The van der Waals surface area contributed by atoms with E-state index in [9.17, 15) is 14.4 Å². The van der Waals surface area contributed by atoms with Crippen LogP contribution in [-0.4, -0.2) is 72.5 Å². The van der Waals surface area contributed by atoms with Crippen molar-refractivity contribution in [3.05, 3.63) is 11.6 Å². The van der Waals surface area contributed by atoms with Crippen molar-refractivity contribution in [2.45, 2.75) is 92.3 Å². The quantitative estimate of drug-likeness (QED) is 0.443. The Balaban J connectivity index is 2.93. The molecule has 0 aromatic carbocycles. The number of carbonyl (C=O) groups is 3. The van der Waals surface area contributed by atoms with Crippen LogP contribution in [0.3, 0.4) is 0 Å². The fraction of sp³-hybridized carbons (Fsp3) is 0.792. The number of nitrogens with zero attached hydrogens (tertiary/aromatic N) is 2. The molecule has 0 spiro atoms. The summed E-state index contributed by atoms with van der Waals surface area (Å²) in [5, 5.41) is 3.06. The summed E-state index contributed by atoms with van der Waals surface area (Å²) in [5.74, 6) is -0.619. The second-order valence-electron chi connectivity index (χ2n) is 9.64. The Morgan fingerprint density at radius 1 is 1.23 bits per heavy atom. The van der Waals surface area contributed by atoms with Crippen molar-refractivity contribution in [3.63, 3.8) is 0 Å². The molecule has 1 aliphatic heterocycles. The minimum atomic E-state index is -0.651. The molecule has 1 rings (SSSR count). The molecule has 2 amide bonds. The predicted molar refractivity (Wildman–Crippen MR) is 124 cm³/mol. The smallest absolute Gasteiger partial charge is 0.333 e. The average Bonchev–Trinajstić information content (AvgIpc) is 2.73. The molecule has 7 nitrogen and oxygen atoms in total. The number of rotatable bonds is 9. The fourth-order valence-electron chi connectivity index (χ4n) is 3.80. The summed E-state index contributed by atoms with van der Waals surface area (Å²) in [6.07, 6.45) is 5.61. The molecule has 0 aromatic heterocycles. The minimum Gasteiger partial charge on any atom is -0.463 e. The van der Waals surface area contributed by atoms with Crippen molar-refractivity contribution < 1.29 is 19.1 Å². The summed E-state index contributed by atoms with van der Waals surface area (Å²) < 4.78 is 4.98. The maximum Gasteiger partial charge on any atom is 0.333 e. The zero-order chi connectivity index (χ0) is 23.8. The van der Waals surface area contributed by atoms with Crippen LogP contribution in [0.25, 0.3) is 0 Å². The fourth-order valence-corrected chi connectivity index (χ4v) is 3.80. The maximum absolute atomic E-state index is 13.2. The van der Waals surface area contributed by atoms with Crippen LogP contribution in [0.2, 0.25) is 0 Å². The first kappa shape index (κ1) is 27.1. The standard InChI is InChI=1S/C24H43N3O4/c1-9-18(4)27-15-12-11-13-19(27)21(28)25-20(24(5,6)7)22(29)26(8)16-14-17(3)23(30)31-10-2/h14,18-20H,9-13,15-16H2,1-8H3,(H,25,28)/b17-14+. The third kappa shape index (κ3) is 7.95. The molecule has 1 heterocycles. The number of esters is 1. The van der Waals surface area contributed by atoms with Gasteiger partial charge in [-0.1, -0.05) is 40.2 Å². The average molecular weight is 438 g/mol. The summed E-state index contributed by atoms with van der Waals surface area (Å²) in [5.41, 5.74) is 0.0146. The van der Waals surface area contributed by atoms with E-state index in [0.29, 0.717) is 18.2 Å². The highest BCUT2D eigenvalue weighted by atomic mass is 16.5. The summed E-state index contributed by atoms with van der Waals surface area (Å²) in [4.78, 5) is 42.1. The molecule has 31 heavy (non-hydrogen) atoms. The van der Waals surface area contributed by atoms with Gasteiger partial charge in [-0.25, -0.2) is 4.79 Å². The van der Waals surface area contributed by atoms with Gasteiger partial charge in [-0.05, 0) is 52.0 Å². The SMILES string of the molecule is CCOC(=O)/C(C)=C/CN(C)C(=O)C(NC(=O)C1CCCCN1C(C)CC)C(C)(C)C. The molecule has 0 aromatic rings. The monoisotopic (exact) mass is 437 g/mol. The summed E-state index contributed by atoms with van der Waals surface area (Å²) >= 11 is 0. The first-order valence-electron chi connectivity index (χ1n) is 11.6. The summed E-state index contributed by atoms with van der Waals surface area (Å²) in [6.45, 7) is 15.1. The molecule has 0 radical (unpaired) electrons. The molecule has 1 fully saturated rings. The number of amides is 2. The Hall–Kier alpha value is -1.89. The predicted octanol–water partition coefficient (Wildman–Crippen LogP) is 3.14. The largest absolute Gasteiger partial charge is 0.463 e. The van der Waals surface area contributed by atoms with E-state index >= 15 is 0 Å². The summed E-state index contributed by atoms with van der Waals surface area (Å²) in [7, 11) is 1.69. The number of likely N-dealkylation sites (N-methyl/N-ethyl adjacent to an activating group) is 1. The number of carbonyl (C=O) groups excluding carboxylic acids is 3. The number of hydrogen-bond donors (Lipinski definition) is 1. The van der Waals surface area contributed by atoms with Gasteiger partial charge in [0.25, 0.3) is 0 Å². The molecule has 0 aliphatic carbocycles. The normalized spacial score (nSPS) is 20.0. The van der Waals surface area contributed by atoms with Gasteiger partial charge in [0, 0.05) is 25.2 Å². The van der Waals surface area contributed by atoms with Gasteiger partial charge in [-0.3, -0.25) is 14.5 Å². The summed E-state index contributed by atoms with van der Waals surface area (Å²) in [6, 6.07) is -0.516. The van der Waals surface area contributed by atoms with Gasteiger partial charge in [0.15, 0.2) is 0 Å². The Morgan fingerprint density at radius 2 is 1.87 bits per heavy atom. The lowest BCUT2D eigenvalue weighted by Gasteiger charge is -2.40. The molecule has 0 bridgehead atoms.